The number of hydrogen-bond acceptors (Lipinski definition) is 24. The van der Waals surface area contributed by atoms with Crippen molar-refractivity contribution in [2.24, 2.45) is 29.6 Å². The highest BCUT2D eigenvalue weighted by atomic mass is 16.5. The number of ether oxygens (including phenoxy) is 1. The molecular formula is C112H204N20O11. The van der Waals surface area contributed by atoms with Crippen LogP contribution >= 0.6 is 0 Å². The van der Waals surface area contributed by atoms with Gasteiger partial charge in [0.2, 0.25) is 41.4 Å². The smallest absolute Gasteiger partial charge is 0.319 e. The first-order valence-electron chi connectivity index (χ1n) is 57.0. The lowest BCUT2D eigenvalue weighted by molar-refractivity contribution is -0.143. The van der Waals surface area contributed by atoms with Crippen LogP contribution < -0.4 is 0 Å². The second kappa shape index (κ2) is 62.4. The highest BCUT2D eigenvalue weighted by Gasteiger charge is 2.43. The van der Waals surface area contributed by atoms with Crippen molar-refractivity contribution < 1.29 is 52.1 Å². The monoisotopic (exact) mass is 2010 g/mol. The number of hydrogen-bond donors (Lipinski definition) is 0. The van der Waals surface area contributed by atoms with Crippen molar-refractivity contribution in [1.82, 2.24) is 98.5 Å². The van der Waals surface area contributed by atoms with Crippen LogP contribution in [0.2, 0.25) is 0 Å². The highest BCUT2D eigenvalue weighted by molar-refractivity contribution is 5.78. The van der Waals surface area contributed by atoms with Crippen LogP contribution in [0.15, 0.2) is 33.7 Å². The van der Waals surface area contributed by atoms with E-state index in [-0.39, 0.29) is 35.5 Å². The van der Waals surface area contributed by atoms with Gasteiger partial charge in [-0.15, -0.1) is 0 Å². The van der Waals surface area contributed by atoms with E-state index in [1.165, 1.54) is 227 Å². The number of rotatable bonds is 31. The Kier molecular flexibility index (Phi) is 52.5. The molecule has 818 valence electrons. The minimum Gasteiger partial charge on any atom is -0.468 e. The Morgan fingerprint density at radius 2 is 0.615 bits per heavy atom. The van der Waals surface area contributed by atoms with Crippen LogP contribution in [0.1, 0.15) is 306 Å². The molecule has 0 radical (unpaired) electrons. The highest BCUT2D eigenvalue weighted by Crippen LogP contribution is 2.39. The molecule has 7 amide bonds. The van der Waals surface area contributed by atoms with Crippen LogP contribution in [0.3, 0.4) is 0 Å². The van der Waals surface area contributed by atoms with Crippen molar-refractivity contribution in [3.05, 3.63) is 36.0 Å². The third kappa shape index (κ3) is 43.3. The topological polar surface area (TPSA) is 256 Å². The SMILES string of the molecule is CC(=O)N(C1CC1)C(C)C1CCN(C)CC1.CC(=O)N(CC(C)C)C1CCN(C)CC1.CC(=O)N(CC1CCN(C)CC1)C1CC1.CC(=O)N(Cc1ccon1)C1CCN(C)CC1.CCC(=O)N(C1CC1)C(C)C1CCN(C)CC1.CCC(=O)N(CC1CCN(C)CC1)C1CC1.CCCN(C(C)=O)C1CCN(C)CC1.CN1CCC(N(Cc2ccon2)C2CC2)CC1.COC(=O)CN(C1CC1)C1CCN(C)CC1. The molecule has 31 heteroatoms. The average Bonchev–Trinajstić information content (AvgIpc) is 1.67. The Balaban J connectivity index is 0.000000180. The van der Waals surface area contributed by atoms with Gasteiger partial charge in [0.05, 0.1) is 25.9 Å². The second-order valence-electron chi connectivity index (χ2n) is 46.3. The van der Waals surface area contributed by atoms with Crippen molar-refractivity contribution in [3.63, 3.8) is 0 Å². The van der Waals surface area contributed by atoms with Gasteiger partial charge in [-0.05, 0) is 424 Å². The third-order valence-electron chi connectivity index (χ3n) is 33.4. The molecule has 2 atom stereocenters. The first kappa shape index (κ1) is 120. The van der Waals surface area contributed by atoms with Gasteiger partial charge in [0.15, 0.2) is 0 Å². The first-order valence-corrected chi connectivity index (χ1v) is 57.0. The van der Waals surface area contributed by atoms with Gasteiger partial charge in [0.25, 0.3) is 0 Å². The van der Waals surface area contributed by atoms with Crippen LogP contribution in [0.4, 0.5) is 0 Å². The van der Waals surface area contributed by atoms with E-state index in [2.05, 4.69) is 187 Å². The lowest BCUT2D eigenvalue weighted by atomic mass is 9.89. The zero-order valence-corrected chi connectivity index (χ0v) is 94.1. The Bertz CT molecular complexity index is 3890. The standard InChI is InChI=1S/C14H26N2O.C13H21N3O.2C13H24N2O.C12H19N3O2.C12H22N2O2.C12H22N2O.C12H24N2O.C11H22N2O/c1-4-14(17)16(13-5-6-13)11(2)12-7-9-15(3)10-8-12;1-15-7-4-13(5-8-15)16(12-2-3-12)10-11-6-9-17-14-11;1-10(12-6-8-14(3)9-7-12)15(11(2)16)13-4-5-13;1-3-13(16)15(12-4-5-12)10-11-6-8-14(2)9-7-11;1-10(16)15(9-11-5-8-17-13-11)12-3-6-14(2)7-4-12;1-13-7-5-11(6-8-13)14(10-3-4-10)9-12(15)16-2;1-10(15)14(12-3-4-12)9-11-5-7-13(2)8-6-11;1-10(2)9-14(11(3)15)12-5-7-13(4)8-6-12;1-4-7-13(10(2)14)11-5-8-12(3)9-6-11/h11-13H,4-10H2,1-3H3;6,9,12-13H,2-5,7-8,10H2,1H3;10,12-13H,4-9H2,1-3H3;11-12H,3-10H2,1-2H3;5,8,12H,3-4,6-7,9H2,1-2H3;10-11H,3-9H2,1-2H3;11-12H,3-9H2,1-2H3;10,12H,5-9H2,1-4H3;11H,4-9H2,1-3H3. The van der Waals surface area contributed by atoms with Crippen molar-refractivity contribution in [2.75, 3.05) is 221 Å². The van der Waals surface area contributed by atoms with Crippen molar-refractivity contribution >= 4 is 47.3 Å². The van der Waals surface area contributed by atoms with Gasteiger partial charge in [0, 0.05) is 171 Å². The predicted octanol–water partition coefficient (Wildman–Crippen LogP) is 13.4. The molecule has 15 aliphatic rings. The fourth-order valence-electron chi connectivity index (χ4n) is 23.0. The van der Waals surface area contributed by atoms with Crippen molar-refractivity contribution in [3.8, 4) is 0 Å². The molecule has 0 spiro atoms. The van der Waals surface area contributed by atoms with Crippen LogP contribution in [0, 0.1) is 29.6 Å². The molecule has 31 nitrogen and oxygen atoms in total. The van der Waals surface area contributed by atoms with Gasteiger partial charge in [-0.2, -0.15) is 0 Å². The summed E-state index contributed by atoms with van der Waals surface area (Å²) >= 11 is 0. The number of likely N-dealkylation sites (tertiary alicyclic amines) is 9. The molecule has 15 fully saturated rings. The number of carbonyl (C=O) groups is 8. The van der Waals surface area contributed by atoms with Gasteiger partial charge < -0.3 is 92.2 Å². The van der Waals surface area contributed by atoms with Crippen molar-refractivity contribution in [2.45, 2.75) is 387 Å². The average molecular weight is 2010 g/mol. The quantitative estimate of drug-likeness (QED) is 0.0636. The van der Waals surface area contributed by atoms with Crippen LogP contribution in [-0.4, -0.2) is 445 Å². The van der Waals surface area contributed by atoms with E-state index < -0.39 is 0 Å². The molecule has 6 saturated carbocycles. The summed E-state index contributed by atoms with van der Waals surface area (Å²) in [5.74, 6) is 5.23. The summed E-state index contributed by atoms with van der Waals surface area (Å²) in [6.45, 7) is 50.1. The van der Waals surface area contributed by atoms with E-state index in [4.69, 9.17) is 13.8 Å². The van der Waals surface area contributed by atoms with E-state index in [0.717, 1.165) is 165 Å². The molecule has 2 aromatic rings. The fourth-order valence-corrected chi connectivity index (χ4v) is 23.0. The number of esters is 1. The van der Waals surface area contributed by atoms with Gasteiger partial charge >= 0.3 is 5.97 Å². The van der Waals surface area contributed by atoms with E-state index in [1.54, 1.807) is 47.1 Å². The molecule has 143 heavy (non-hydrogen) atoms. The van der Waals surface area contributed by atoms with Gasteiger partial charge in [-0.1, -0.05) is 44.9 Å². The van der Waals surface area contributed by atoms with Crippen LogP contribution in [0.5, 0.6) is 0 Å². The molecule has 0 aromatic carbocycles. The molecule has 2 unspecified atom stereocenters. The molecule has 11 heterocycles. The summed E-state index contributed by atoms with van der Waals surface area (Å²) in [4.78, 5) is 134. The zero-order chi connectivity index (χ0) is 104. The van der Waals surface area contributed by atoms with Crippen LogP contribution in [-0.2, 0) is 56.2 Å². The fraction of sp³-hybridized carbons (Fsp3) is 0.875. The molecule has 0 N–H and O–H groups in total. The molecule has 17 rings (SSSR count). The summed E-state index contributed by atoms with van der Waals surface area (Å²) in [5, 5.41) is 7.92. The Hall–Kier alpha value is -6.26. The lowest BCUT2D eigenvalue weighted by Crippen LogP contribution is -2.47. The largest absolute Gasteiger partial charge is 0.468 e. The molecule has 2 aromatic heterocycles. The number of amides is 7. The van der Waals surface area contributed by atoms with Crippen LogP contribution in [0.25, 0.3) is 0 Å². The predicted molar refractivity (Wildman–Crippen MR) is 573 cm³/mol. The van der Waals surface area contributed by atoms with Gasteiger partial charge in [0.1, 0.15) is 18.2 Å². The lowest BCUT2D eigenvalue weighted by Gasteiger charge is -2.39. The van der Waals surface area contributed by atoms with Gasteiger partial charge in [-0.3, -0.25) is 48.2 Å². The maximum absolute atomic E-state index is 12.1. The minimum atomic E-state index is -0.0918. The molecule has 6 aliphatic carbocycles. The Labute approximate surface area is 866 Å². The molecule has 9 aliphatic heterocycles. The summed E-state index contributed by atoms with van der Waals surface area (Å²) in [6.07, 6.45) is 42.2. The summed E-state index contributed by atoms with van der Waals surface area (Å²) in [6, 6.07) is 11.1. The maximum Gasteiger partial charge on any atom is 0.319 e. The summed E-state index contributed by atoms with van der Waals surface area (Å²) in [5.41, 5.74) is 1.90. The molecule has 9 saturated heterocycles. The van der Waals surface area contributed by atoms with E-state index in [0.29, 0.717) is 122 Å². The summed E-state index contributed by atoms with van der Waals surface area (Å²) in [7, 11) is 21.0. The minimum absolute atomic E-state index is 0.0918. The second-order valence-corrected chi connectivity index (χ2v) is 46.3. The first-order chi connectivity index (χ1) is 68.4. The number of piperidine rings is 9. The Morgan fingerprint density at radius 3 is 0.937 bits per heavy atom. The Morgan fingerprint density at radius 1 is 0.329 bits per heavy atom. The number of nitrogens with zero attached hydrogens (tertiary/aromatic N) is 20. The van der Waals surface area contributed by atoms with E-state index in [9.17, 15) is 38.4 Å². The molecule has 0 bridgehead atoms. The number of methoxy groups -OCH3 is 1. The molecular weight excluding hydrogens is 1800 g/mol. The van der Waals surface area contributed by atoms with E-state index in [1.807, 2.05) is 35.8 Å². The van der Waals surface area contributed by atoms with Crippen molar-refractivity contribution in [1.29, 1.82) is 0 Å². The number of aromatic nitrogens is 2. The zero-order valence-electron chi connectivity index (χ0n) is 94.1. The number of carbonyl (C=O) groups excluding carboxylic acids is 8. The maximum atomic E-state index is 12.1. The van der Waals surface area contributed by atoms with Gasteiger partial charge in [-0.25, -0.2) is 0 Å². The van der Waals surface area contributed by atoms with E-state index >= 15 is 0 Å². The summed E-state index contributed by atoms with van der Waals surface area (Å²) < 4.78 is 14.5. The third-order valence-corrected chi connectivity index (χ3v) is 33.4. The normalized spacial score (nSPS) is 22.5.